The van der Waals surface area contributed by atoms with Crippen LogP contribution in [-0.4, -0.2) is 24.4 Å². The van der Waals surface area contributed by atoms with Crippen molar-refractivity contribution in [1.29, 1.82) is 0 Å². The van der Waals surface area contributed by atoms with Gasteiger partial charge in [-0.15, -0.1) is 0 Å². The number of carbonyl (C=O) groups excluding carboxylic acids is 2. The zero-order valence-electron chi connectivity index (χ0n) is 9.51. The zero-order valence-corrected chi connectivity index (χ0v) is 9.51. The van der Waals surface area contributed by atoms with Crippen LogP contribution in [0.25, 0.3) is 0 Å². The molecule has 0 heterocycles. The number of ketones is 1. The molecule has 0 aliphatic rings. The third kappa shape index (κ3) is 3.46. The molecule has 0 unspecified atom stereocenters. The van der Waals surface area contributed by atoms with Crippen molar-refractivity contribution in [3.05, 3.63) is 0 Å². The minimum absolute atomic E-state index is 0.100. The van der Waals surface area contributed by atoms with Crippen molar-refractivity contribution in [2.75, 3.05) is 7.11 Å². The number of carbonyl (C=O) groups is 2. The second-order valence-electron chi connectivity index (χ2n) is 4.70. The Hall–Kier alpha value is -0.900. The average molecular weight is 201 g/mol. The topological polar surface area (TPSA) is 69.4 Å². The van der Waals surface area contributed by atoms with Crippen molar-refractivity contribution >= 4 is 11.8 Å². The molecule has 0 aliphatic carbocycles. The summed E-state index contributed by atoms with van der Waals surface area (Å²) in [6, 6.07) is 0. The van der Waals surface area contributed by atoms with Crippen molar-refractivity contribution in [3.63, 3.8) is 0 Å². The van der Waals surface area contributed by atoms with Crippen LogP contribution >= 0.6 is 0 Å². The van der Waals surface area contributed by atoms with Crippen LogP contribution in [0.15, 0.2) is 0 Å². The Morgan fingerprint density at radius 3 is 1.93 bits per heavy atom. The third-order valence-electron chi connectivity index (χ3n) is 2.06. The SMILES string of the molecule is COC(=O)C(C)(C)CC(=O)C(C)(C)N. The molecule has 0 bridgehead atoms. The van der Waals surface area contributed by atoms with E-state index in [0.717, 1.165) is 0 Å². The van der Waals surface area contributed by atoms with Gasteiger partial charge in [-0.25, -0.2) is 0 Å². The summed E-state index contributed by atoms with van der Waals surface area (Å²) in [5, 5.41) is 0. The van der Waals surface area contributed by atoms with Gasteiger partial charge in [-0.1, -0.05) is 0 Å². The van der Waals surface area contributed by atoms with E-state index >= 15 is 0 Å². The molecule has 0 radical (unpaired) electrons. The lowest BCUT2D eigenvalue weighted by Crippen LogP contribution is -2.44. The number of esters is 1. The fourth-order valence-corrected chi connectivity index (χ4v) is 0.978. The summed E-state index contributed by atoms with van der Waals surface area (Å²) in [6.07, 6.45) is 0.100. The average Bonchev–Trinajstić information content (AvgIpc) is 2.00. The van der Waals surface area contributed by atoms with Crippen LogP contribution in [0, 0.1) is 5.41 Å². The number of hydrogen-bond acceptors (Lipinski definition) is 4. The van der Waals surface area contributed by atoms with E-state index in [9.17, 15) is 9.59 Å². The van der Waals surface area contributed by atoms with Gasteiger partial charge in [0.2, 0.25) is 0 Å². The molecular formula is C10H19NO3. The Labute approximate surface area is 84.8 Å². The molecule has 0 aromatic rings. The summed E-state index contributed by atoms with van der Waals surface area (Å²) in [7, 11) is 1.31. The Kier molecular flexibility index (Phi) is 3.82. The molecule has 0 rings (SSSR count). The van der Waals surface area contributed by atoms with E-state index in [1.807, 2.05) is 0 Å². The Bertz CT molecular complexity index is 238. The van der Waals surface area contributed by atoms with E-state index in [-0.39, 0.29) is 12.2 Å². The van der Waals surface area contributed by atoms with E-state index < -0.39 is 16.9 Å². The monoisotopic (exact) mass is 201 g/mol. The number of hydrogen-bond donors (Lipinski definition) is 1. The van der Waals surface area contributed by atoms with Gasteiger partial charge in [0.1, 0.15) is 0 Å². The van der Waals surface area contributed by atoms with Crippen molar-refractivity contribution in [2.45, 2.75) is 39.7 Å². The molecule has 4 nitrogen and oxygen atoms in total. The lowest BCUT2D eigenvalue weighted by atomic mass is 9.82. The summed E-state index contributed by atoms with van der Waals surface area (Å²) in [6.45, 7) is 6.59. The molecule has 0 aromatic carbocycles. The number of Topliss-reactive ketones (excluding diaryl/α,β-unsaturated/α-hetero) is 1. The summed E-state index contributed by atoms with van der Waals surface area (Å²) in [5.74, 6) is -0.539. The summed E-state index contributed by atoms with van der Waals surface area (Å²) < 4.78 is 4.60. The van der Waals surface area contributed by atoms with Crippen LogP contribution < -0.4 is 5.73 Å². The van der Waals surface area contributed by atoms with Crippen molar-refractivity contribution in [1.82, 2.24) is 0 Å². The third-order valence-corrected chi connectivity index (χ3v) is 2.06. The largest absolute Gasteiger partial charge is 0.469 e. The van der Waals surface area contributed by atoms with Gasteiger partial charge in [-0.3, -0.25) is 9.59 Å². The van der Waals surface area contributed by atoms with E-state index in [1.165, 1.54) is 7.11 Å². The van der Waals surface area contributed by atoms with E-state index in [1.54, 1.807) is 27.7 Å². The molecule has 0 fully saturated rings. The maximum atomic E-state index is 11.6. The smallest absolute Gasteiger partial charge is 0.311 e. The fraction of sp³-hybridized carbons (Fsp3) is 0.800. The van der Waals surface area contributed by atoms with E-state index in [4.69, 9.17) is 5.73 Å². The van der Waals surface area contributed by atoms with E-state index in [2.05, 4.69) is 4.74 Å². The predicted octanol–water partition coefficient (Wildman–Crippen LogP) is 0.882. The van der Waals surface area contributed by atoms with Gasteiger partial charge in [-0.2, -0.15) is 0 Å². The molecular weight excluding hydrogens is 182 g/mol. The normalized spacial score (nSPS) is 12.4. The van der Waals surface area contributed by atoms with Crippen molar-refractivity contribution in [2.24, 2.45) is 11.1 Å². The fourth-order valence-electron chi connectivity index (χ4n) is 0.978. The van der Waals surface area contributed by atoms with Crippen LogP contribution in [0.1, 0.15) is 34.1 Å². The quantitative estimate of drug-likeness (QED) is 0.685. The highest BCUT2D eigenvalue weighted by Gasteiger charge is 2.35. The standard InChI is InChI=1S/C10H19NO3/c1-9(2,8(13)14-5)6-7(12)10(3,4)11/h6,11H2,1-5H3. The number of rotatable bonds is 4. The molecule has 0 amide bonds. The summed E-state index contributed by atoms with van der Waals surface area (Å²) in [4.78, 5) is 22.8. The molecule has 0 aliphatic heterocycles. The van der Waals surface area contributed by atoms with Crippen LogP contribution in [0.5, 0.6) is 0 Å². The van der Waals surface area contributed by atoms with Crippen LogP contribution in [0.4, 0.5) is 0 Å². The molecule has 14 heavy (non-hydrogen) atoms. The van der Waals surface area contributed by atoms with Crippen LogP contribution in [0.3, 0.4) is 0 Å². The second-order valence-corrected chi connectivity index (χ2v) is 4.70. The van der Waals surface area contributed by atoms with Gasteiger partial charge >= 0.3 is 5.97 Å². The lowest BCUT2D eigenvalue weighted by Gasteiger charge is -2.25. The molecule has 2 N–H and O–H groups in total. The van der Waals surface area contributed by atoms with Gasteiger partial charge in [-0.05, 0) is 27.7 Å². The first-order valence-corrected chi connectivity index (χ1v) is 4.52. The van der Waals surface area contributed by atoms with Crippen molar-refractivity contribution < 1.29 is 14.3 Å². The molecule has 82 valence electrons. The Balaban J connectivity index is 4.53. The van der Waals surface area contributed by atoms with Gasteiger partial charge in [0, 0.05) is 6.42 Å². The first-order valence-electron chi connectivity index (χ1n) is 4.52. The summed E-state index contributed by atoms with van der Waals surface area (Å²) >= 11 is 0. The highest BCUT2D eigenvalue weighted by Crippen LogP contribution is 2.24. The highest BCUT2D eigenvalue weighted by molar-refractivity contribution is 5.91. The minimum atomic E-state index is -0.898. The van der Waals surface area contributed by atoms with Crippen LogP contribution in [-0.2, 0) is 14.3 Å². The van der Waals surface area contributed by atoms with Gasteiger partial charge in [0.05, 0.1) is 18.1 Å². The highest BCUT2D eigenvalue weighted by atomic mass is 16.5. The van der Waals surface area contributed by atoms with E-state index in [0.29, 0.717) is 0 Å². The minimum Gasteiger partial charge on any atom is -0.469 e. The van der Waals surface area contributed by atoms with Gasteiger partial charge in [0.15, 0.2) is 5.78 Å². The number of methoxy groups -OCH3 is 1. The molecule has 0 atom stereocenters. The molecule has 0 saturated carbocycles. The molecule has 4 heteroatoms. The predicted molar refractivity (Wildman–Crippen MR) is 53.7 cm³/mol. The van der Waals surface area contributed by atoms with Gasteiger partial charge in [0.25, 0.3) is 0 Å². The second kappa shape index (κ2) is 4.09. The maximum Gasteiger partial charge on any atom is 0.311 e. The summed E-state index contributed by atoms with van der Waals surface area (Å²) in [5.41, 5.74) is 3.93. The number of nitrogens with two attached hydrogens (primary N) is 1. The zero-order chi connectivity index (χ0) is 11.6. The molecule has 0 saturated heterocycles. The Morgan fingerprint density at radius 2 is 1.64 bits per heavy atom. The molecule has 0 spiro atoms. The lowest BCUT2D eigenvalue weighted by molar-refractivity contribution is -0.153. The Morgan fingerprint density at radius 1 is 1.21 bits per heavy atom. The van der Waals surface area contributed by atoms with Crippen molar-refractivity contribution in [3.8, 4) is 0 Å². The van der Waals surface area contributed by atoms with Crippen LogP contribution in [0.2, 0.25) is 0 Å². The molecule has 0 aromatic heterocycles. The van der Waals surface area contributed by atoms with Gasteiger partial charge < -0.3 is 10.5 Å². The maximum absolute atomic E-state index is 11.6. The first kappa shape index (κ1) is 13.1. The number of ether oxygens (including phenoxy) is 1. The first-order chi connectivity index (χ1) is 6.11.